The Morgan fingerprint density at radius 3 is 2.35 bits per heavy atom. The summed E-state index contributed by atoms with van der Waals surface area (Å²) in [7, 11) is 0. The van der Waals surface area contributed by atoms with Crippen molar-refractivity contribution >= 4 is 17.8 Å². The first-order chi connectivity index (χ1) is 18.0. The SMILES string of the molecule is C=CC(=O)N1CC2CCCC1CN(c1ncc(C(N)=O)c(Oc3ccc(Oc4ccccc4)cc3)n1)C2. The summed E-state index contributed by atoms with van der Waals surface area (Å²) in [5, 5.41) is 0. The molecule has 0 radical (unpaired) electrons. The fraction of sp³-hybridized carbons (Fsp3) is 0.286. The minimum Gasteiger partial charge on any atom is -0.457 e. The van der Waals surface area contributed by atoms with Gasteiger partial charge in [-0.05, 0) is 61.2 Å². The Kier molecular flexibility index (Phi) is 7.02. The van der Waals surface area contributed by atoms with Crippen LogP contribution in [-0.2, 0) is 4.79 Å². The van der Waals surface area contributed by atoms with E-state index in [1.165, 1.54) is 12.3 Å². The van der Waals surface area contributed by atoms with Crippen LogP contribution in [0, 0.1) is 5.92 Å². The van der Waals surface area contributed by atoms with Crippen LogP contribution in [0.3, 0.4) is 0 Å². The van der Waals surface area contributed by atoms with Crippen molar-refractivity contribution < 1.29 is 19.1 Å². The van der Waals surface area contributed by atoms with E-state index in [0.29, 0.717) is 37.1 Å². The lowest BCUT2D eigenvalue weighted by Crippen LogP contribution is -2.43. The minimum atomic E-state index is -0.680. The van der Waals surface area contributed by atoms with Gasteiger partial charge in [-0.1, -0.05) is 31.2 Å². The number of benzene rings is 2. The number of fused-ring (bicyclic) bond motifs is 3. The number of aromatic nitrogens is 2. The van der Waals surface area contributed by atoms with E-state index in [2.05, 4.69) is 21.4 Å². The summed E-state index contributed by atoms with van der Waals surface area (Å²) in [5.41, 5.74) is 5.68. The molecule has 2 amide bonds. The lowest BCUT2D eigenvalue weighted by Gasteiger charge is -2.31. The molecule has 2 N–H and O–H groups in total. The van der Waals surface area contributed by atoms with Crippen molar-refractivity contribution in [1.82, 2.24) is 14.9 Å². The molecule has 190 valence electrons. The number of carbonyl (C=O) groups is 2. The molecule has 5 rings (SSSR count). The van der Waals surface area contributed by atoms with Gasteiger partial charge < -0.3 is 25.0 Å². The van der Waals surface area contributed by atoms with Gasteiger partial charge in [-0.25, -0.2) is 4.98 Å². The van der Waals surface area contributed by atoms with Crippen molar-refractivity contribution in [3.8, 4) is 23.1 Å². The number of para-hydroxylation sites is 1. The second kappa shape index (κ2) is 10.7. The van der Waals surface area contributed by atoms with Gasteiger partial charge in [0.25, 0.3) is 5.91 Å². The van der Waals surface area contributed by atoms with Crippen molar-refractivity contribution in [3.63, 3.8) is 0 Å². The minimum absolute atomic E-state index is 0.0407. The van der Waals surface area contributed by atoms with E-state index >= 15 is 0 Å². The summed E-state index contributed by atoms with van der Waals surface area (Å²) in [6.07, 6.45) is 5.79. The molecule has 2 unspecified atom stereocenters. The zero-order valence-electron chi connectivity index (χ0n) is 20.5. The van der Waals surface area contributed by atoms with Crippen molar-refractivity contribution in [1.29, 1.82) is 0 Å². The highest BCUT2D eigenvalue weighted by Gasteiger charge is 2.35. The number of ether oxygens (including phenoxy) is 2. The maximum atomic E-state index is 12.5. The second-order valence-electron chi connectivity index (χ2n) is 9.29. The Bertz CT molecular complexity index is 1280. The molecule has 37 heavy (non-hydrogen) atoms. The summed E-state index contributed by atoms with van der Waals surface area (Å²) in [5.74, 6) is 1.93. The quantitative estimate of drug-likeness (QED) is 0.486. The number of anilines is 1. The van der Waals surface area contributed by atoms with Crippen LogP contribution in [0.15, 0.2) is 73.4 Å². The van der Waals surface area contributed by atoms with Crippen molar-refractivity contribution in [3.05, 3.63) is 79.0 Å². The van der Waals surface area contributed by atoms with Gasteiger partial charge >= 0.3 is 0 Å². The molecule has 1 aromatic heterocycles. The van der Waals surface area contributed by atoms with Crippen LogP contribution in [0.1, 0.15) is 29.6 Å². The van der Waals surface area contributed by atoms with E-state index < -0.39 is 5.91 Å². The number of amides is 2. The molecule has 0 aliphatic carbocycles. The Hall–Kier alpha value is -4.40. The van der Waals surface area contributed by atoms with Gasteiger partial charge in [-0.15, -0.1) is 0 Å². The monoisotopic (exact) mass is 499 g/mol. The maximum absolute atomic E-state index is 12.5. The van der Waals surface area contributed by atoms with Gasteiger partial charge in [0.05, 0.1) is 0 Å². The molecule has 2 aromatic carbocycles. The van der Waals surface area contributed by atoms with E-state index in [-0.39, 0.29) is 29.3 Å². The summed E-state index contributed by atoms with van der Waals surface area (Å²) >= 11 is 0. The Morgan fingerprint density at radius 1 is 0.946 bits per heavy atom. The Labute approximate surface area is 215 Å². The van der Waals surface area contributed by atoms with Gasteiger partial charge in [0.2, 0.25) is 17.7 Å². The summed E-state index contributed by atoms with van der Waals surface area (Å²) < 4.78 is 11.8. The molecule has 0 spiro atoms. The highest BCUT2D eigenvalue weighted by atomic mass is 16.5. The second-order valence-corrected chi connectivity index (χ2v) is 9.29. The van der Waals surface area contributed by atoms with E-state index in [9.17, 15) is 9.59 Å². The number of hydrogen-bond acceptors (Lipinski definition) is 7. The van der Waals surface area contributed by atoms with E-state index in [4.69, 9.17) is 15.2 Å². The van der Waals surface area contributed by atoms with Crippen LogP contribution >= 0.6 is 0 Å². The van der Waals surface area contributed by atoms with Gasteiger partial charge in [0.15, 0.2) is 0 Å². The number of primary amides is 1. The number of nitrogens with zero attached hydrogens (tertiary/aromatic N) is 4. The topological polar surface area (TPSA) is 111 Å². The molecule has 2 aliphatic rings. The third kappa shape index (κ3) is 5.55. The highest BCUT2D eigenvalue weighted by Crippen LogP contribution is 2.31. The third-order valence-corrected chi connectivity index (χ3v) is 6.72. The van der Waals surface area contributed by atoms with Crippen LogP contribution in [0.2, 0.25) is 0 Å². The van der Waals surface area contributed by atoms with Gasteiger partial charge in [-0.3, -0.25) is 9.59 Å². The molecule has 3 heterocycles. The first-order valence-electron chi connectivity index (χ1n) is 12.4. The molecule has 2 fully saturated rings. The van der Waals surface area contributed by atoms with Crippen molar-refractivity contribution in [2.45, 2.75) is 25.3 Å². The first kappa shape index (κ1) is 24.3. The highest BCUT2D eigenvalue weighted by molar-refractivity contribution is 5.95. The van der Waals surface area contributed by atoms with E-state index in [0.717, 1.165) is 25.0 Å². The predicted octanol–water partition coefficient (Wildman–Crippen LogP) is 4.16. The maximum Gasteiger partial charge on any atom is 0.255 e. The largest absolute Gasteiger partial charge is 0.457 e. The van der Waals surface area contributed by atoms with Gasteiger partial charge in [-0.2, -0.15) is 4.98 Å². The van der Waals surface area contributed by atoms with Crippen LogP contribution in [0.4, 0.5) is 5.95 Å². The molecular formula is C28H29N5O4. The first-order valence-corrected chi connectivity index (χ1v) is 12.4. The zero-order chi connectivity index (χ0) is 25.8. The van der Waals surface area contributed by atoms with Gasteiger partial charge in [0, 0.05) is 31.9 Å². The Balaban J connectivity index is 1.37. The zero-order valence-corrected chi connectivity index (χ0v) is 20.5. The molecule has 9 nitrogen and oxygen atoms in total. The average Bonchev–Trinajstić information content (AvgIpc) is 3.21. The van der Waals surface area contributed by atoms with Crippen LogP contribution in [0.5, 0.6) is 23.1 Å². The van der Waals surface area contributed by atoms with Crippen LogP contribution in [0.25, 0.3) is 0 Å². The number of rotatable bonds is 7. The molecule has 3 aromatic rings. The standard InChI is InChI=1S/C28H29N5O4/c1-2-25(34)33-17-19-7-6-8-20(33)18-32(16-19)28-30-15-24(26(29)35)27(31-28)37-23-13-11-22(12-14-23)36-21-9-4-3-5-10-21/h2-5,9-15,19-20H,1,6-8,16-18H2,(H2,29,35). The average molecular weight is 500 g/mol. The van der Waals surface area contributed by atoms with E-state index in [1.807, 2.05) is 35.2 Å². The fourth-order valence-corrected chi connectivity index (χ4v) is 4.92. The predicted molar refractivity (Wildman–Crippen MR) is 139 cm³/mol. The third-order valence-electron chi connectivity index (χ3n) is 6.72. The van der Waals surface area contributed by atoms with Crippen LogP contribution in [-0.4, -0.2) is 52.4 Å². The lowest BCUT2D eigenvalue weighted by molar-refractivity contribution is -0.128. The molecule has 0 saturated carbocycles. The Morgan fingerprint density at radius 2 is 1.65 bits per heavy atom. The fourth-order valence-electron chi connectivity index (χ4n) is 4.92. The summed E-state index contributed by atoms with van der Waals surface area (Å²) in [6.45, 7) is 5.65. The summed E-state index contributed by atoms with van der Waals surface area (Å²) in [4.78, 5) is 37.6. The molecule has 2 saturated heterocycles. The smallest absolute Gasteiger partial charge is 0.255 e. The molecular weight excluding hydrogens is 470 g/mol. The molecule has 2 atom stereocenters. The van der Waals surface area contributed by atoms with E-state index in [1.54, 1.807) is 24.3 Å². The number of hydrogen-bond donors (Lipinski definition) is 1. The molecule has 2 aliphatic heterocycles. The number of carbonyl (C=O) groups excluding carboxylic acids is 2. The van der Waals surface area contributed by atoms with Gasteiger partial charge in [0.1, 0.15) is 22.8 Å². The molecule has 2 bridgehead atoms. The van der Waals surface area contributed by atoms with Crippen molar-refractivity contribution in [2.75, 3.05) is 24.5 Å². The summed E-state index contributed by atoms with van der Waals surface area (Å²) in [6, 6.07) is 16.5. The number of nitrogens with two attached hydrogens (primary N) is 1. The van der Waals surface area contributed by atoms with Crippen LogP contribution < -0.4 is 20.1 Å². The van der Waals surface area contributed by atoms with Crippen molar-refractivity contribution in [2.24, 2.45) is 11.7 Å². The lowest BCUT2D eigenvalue weighted by atomic mass is 10.00. The normalized spacial score (nSPS) is 19.0. The molecule has 9 heteroatoms.